The number of aliphatic carboxylic acids is 1. The van der Waals surface area contributed by atoms with Crippen LogP contribution in [0.25, 0.3) is 0 Å². The maximum Gasteiger partial charge on any atom is 0.310 e. The average Bonchev–Trinajstić information content (AvgIpc) is 3.25. The summed E-state index contributed by atoms with van der Waals surface area (Å²) in [6.07, 6.45) is 2.17. The fourth-order valence-corrected chi connectivity index (χ4v) is 4.35. The van der Waals surface area contributed by atoms with E-state index in [1.165, 1.54) is 22.5 Å². The number of benzene rings is 1. The predicted octanol–water partition coefficient (Wildman–Crippen LogP) is 1.06. The number of carboxylic acids is 1. The Hall–Kier alpha value is -1.93. The van der Waals surface area contributed by atoms with E-state index < -0.39 is 21.4 Å². The van der Waals surface area contributed by atoms with Crippen molar-refractivity contribution in [2.45, 2.75) is 37.1 Å². The van der Waals surface area contributed by atoms with Crippen LogP contribution in [0, 0.1) is 5.41 Å². The van der Waals surface area contributed by atoms with Crippen molar-refractivity contribution < 1.29 is 23.1 Å². The third-order valence-corrected chi connectivity index (χ3v) is 6.44. The molecule has 1 aliphatic heterocycles. The first-order chi connectivity index (χ1) is 11.2. The zero-order chi connectivity index (χ0) is 17.5. The Balaban J connectivity index is 1.82. The van der Waals surface area contributed by atoms with Crippen LogP contribution in [0.5, 0.6) is 0 Å². The molecule has 1 aromatic rings. The van der Waals surface area contributed by atoms with Crippen LogP contribution in [-0.4, -0.2) is 48.8 Å². The van der Waals surface area contributed by atoms with Crippen LogP contribution >= 0.6 is 0 Å². The van der Waals surface area contributed by atoms with Crippen molar-refractivity contribution in [2.75, 3.05) is 13.1 Å². The summed E-state index contributed by atoms with van der Waals surface area (Å²) in [5.41, 5.74) is -0.781. The Morgan fingerprint density at radius 1 is 1.33 bits per heavy atom. The minimum atomic E-state index is -3.82. The van der Waals surface area contributed by atoms with Gasteiger partial charge in [-0.05, 0) is 44.4 Å². The van der Waals surface area contributed by atoms with Gasteiger partial charge in [0.15, 0.2) is 0 Å². The Labute approximate surface area is 140 Å². The molecule has 1 saturated heterocycles. The van der Waals surface area contributed by atoms with Crippen molar-refractivity contribution in [1.29, 1.82) is 0 Å². The normalized spacial score (nSPS) is 24.7. The van der Waals surface area contributed by atoms with Gasteiger partial charge in [0.05, 0.1) is 10.3 Å². The fraction of sp³-hybridized carbons (Fsp3) is 0.500. The van der Waals surface area contributed by atoms with Gasteiger partial charge in [0.2, 0.25) is 10.0 Å². The first-order valence-corrected chi connectivity index (χ1v) is 9.31. The predicted molar refractivity (Wildman–Crippen MR) is 86.0 cm³/mol. The van der Waals surface area contributed by atoms with E-state index in [0.29, 0.717) is 5.56 Å². The molecule has 2 N–H and O–H groups in total. The molecule has 2 fully saturated rings. The molecule has 2 aliphatic rings. The summed E-state index contributed by atoms with van der Waals surface area (Å²) in [7, 11) is -3.82. The summed E-state index contributed by atoms with van der Waals surface area (Å²) in [6.45, 7) is 1.64. The third kappa shape index (κ3) is 3.16. The second-order valence-corrected chi connectivity index (χ2v) is 8.67. The maximum absolute atomic E-state index is 12.8. The van der Waals surface area contributed by atoms with Crippen molar-refractivity contribution in [1.82, 2.24) is 9.62 Å². The highest BCUT2D eigenvalue weighted by atomic mass is 32.2. The van der Waals surface area contributed by atoms with Gasteiger partial charge in [-0.15, -0.1) is 0 Å². The summed E-state index contributed by atoms with van der Waals surface area (Å²) in [6, 6.07) is 6.07. The lowest BCUT2D eigenvalue weighted by molar-refractivity contribution is -0.146. The van der Waals surface area contributed by atoms with Crippen LogP contribution < -0.4 is 5.32 Å². The number of amides is 1. The Morgan fingerprint density at radius 2 is 2.04 bits per heavy atom. The molecule has 0 spiro atoms. The second-order valence-electron chi connectivity index (χ2n) is 6.73. The van der Waals surface area contributed by atoms with E-state index in [1.807, 2.05) is 0 Å². The molecule has 1 atom stereocenters. The van der Waals surface area contributed by atoms with Gasteiger partial charge in [-0.1, -0.05) is 6.07 Å². The van der Waals surface area contributed by atoms with Crippen molar-refractivity contribution >= 4 is 21.9 Å². The van der Waals surface area contributed by atoms with E-state index in [4.69, 9.17) is 0 Å². The number of hydrogen-bond acceptors (Lipinski definition) is 4. The number of hydrogen-bond donors (Lipinski definition) is 2. The zero-order valence-electron chi connectivity index (χ0n) is 13.4. The Kier molecular flexibility index (Phi) is 4.13. The minimum absolute atomic E-state index is 0.0144. The van der Waals surface area contributed by atoms with Crippen LogP contribution in [0.3, 0.4) is 0 Å². The van der Waals surface area contributed by atoms with E-state index in [9.17, 15) is 23.1 Å². The monoisotopic (exact) mass is 352 g/mol. The molecule has 3 rings (SSSR count). The molecule has 1 aromatic carbocycles. The van der Waals surface area contributed by atoms with Gasteiger partial charge < -0.3 is 10.4 Å². The number of rotatable bonds is 5. The van der Waals surface area contributed by atoms with Crippen LogP contribution in [-0.2, 0) is 14.8 Å². The summed E-state index contributed by atoms with van der Waals surface area (Å²) in [5, 5.41) is 12.1. The average molecular weight is 352 g/mol. The standard InChI is InChI=1S/C16H20N2O5S/c1-16(15(20)21)7-8-18(10-16)24(22,23)13-4-2-3-11(9-13)14(19)17-12-5-6-12/h2-4,9,12H,5-8,10H2,1H3,(H,17,19)(H,20,21). The number of carbonyl (C=O) groups is 2. The molecule has 8 heteroatoms. The highest BCUT2D eigenvalue weighted by Gasteiger charge is 2.45. The maximum atomic E-state index is 12.8. The van der Waals surface area contributed by atoms with Crippen LogP contribution in [0.1, 0.15) is 36.5 Å². The van der Waals surface area contributed by atoms with E-state index in [2.05, 4.69) is 5.32 Å². The summed E-state index contributed by atoms with van der Waals surface area (Å²) in [4.78, 5) is 23.4. The second kappa shape index (κ2) is 5.86. The van der Waals surface area contributed by atoms with Crippen molar-refractivity contribution in [3.8, 4) is 0 Å². The summed E-state index contributed by atoms with van der Waals surface area (Å²) >= 11 is 0. The van der Waals surface area contributed by atoms with Crippen LogP contribution in [0.2, 0.25) is 0 Å². The van der Waals surface area contributed by atoms with Gasteiger partial charge in [0.25, 0.3) is 5.91 Å². The molecule has 1 saturated carbocycles. The molecule has 0 aromatic heterocycles. The molecule has 1 unspecified atom stereocenters. The lowest BCUT2D eigenvalue weighted by atomic mass is 9.90. The van der Waals surface area contributed by atoms with Gasteiger partial charge in [0.1, 0.15) is 0 Å². The highest BCUT2D eigenvalue weighted by Crippen LogP contribution is 2.33. The number of carbonyl (C=O) groups excluding carboxylic acids is 1. The van der Waals surface area contributed by atoms with Gasteiger partial charge >= 0.3 is 5.97 Å². The highest BCUT2D eigenvalue weighted by molar-refractivity contribution is 7.89. The summed E-state index contributed by atoms with van der Waals surface area (Å²) < 4.78 is 26.7. The molecule has 7 nitrogen and oxygen atoms in total. The van der Waals surface area contributed by atoms with E-state index in [-0.39, 0.29) is 36.4 Å². The number of nitrogens with one attached hydrogen (secondary N) is 1. The van der Waals surface area contributed by atoms with Gasteiger partial charge in [-0.2, -0.15) is 4.31 Å². The van der Waals surface area contributed by atoms with E-state index in [0.717, 1.165) is 12.8 Å². The van der Waals surface area contributed by atoms with Gasteiger partial charge in [-0.25, -0.2) is 8.42 Å². The van der Waals surface area contributed by atoms with Gasteiger partial charge in [-0.3, -0.25) is 9.59 Å². The molecule has 1 heterocycles. The topological polar surface area (TPSA) is 104 Å². The summed E-state index contributed by atoms with van der Waals surface area (Å²) in [5.74, 6) is -1.29. The van der Waals surface area contributed by atoms with Crippen LogP contribution in [0.15, 0.2) is 29.2 Å². The molecule has 1 amide bonds. The molecule has 1 aliphatic carbocycles. The van der Waals surface area contributed by atoms with E-state index >= 15 is 0 Å². The largest absolute Gasteiger partial charge is 0.481 e. The van der Waals surface area contributed by atoms with Gasteiger partial charge in [0, 0.05) is 24.7 Å². The molecular formula is C16H20N2O5S. The lowest BCUT2D eigenvalue weighted by Crippen LogP contribution is -2.35. The lowest BCUT2D eigenvalue weighted by Gasteiger charge is -2.20. The SMILES string of the molecule is CC1(C(=O)O)CCN(S(=O)(=O)c2cccc(C(=O)NC3CC3)c2)C1. The molecule has 0 bridgehead atoms. The first-order valence-electron chi connectivity index (χ1n) is 7.87. The van der Waals surface area contributed by atoms with Crippen LogP contribution in [0.4, 0.5) is 0 Å². The Bertz CT molecular complexity index is 787. The third-order valence-electron chi connectivity index (χ3n) is 4.60. The molecular weight excluding hydrogens is 332 g/mol. The number of nitrogens with zero attached hydrogens (tertiary/aromatic N) is 1. The van der Waals surface area contributed by atoms with Crippen molar-refractivity contribution in [2.24, 2.45) is 5.41 Å². The Morgan fingerprint density at radius 3 is 2.62 bits per heavy atom. The zero-order valence-corrected chi connectivity index (χ0v) is 14.2. The number of carboxylic acid groups (broad SMARTS) is 1. The fourth-order valence-electron chi connectivity index (χ4n) is 2.74. The molecule has 24 heavy (non-hydrogen) atoms. The van der Waals surface area contributed by atoms with Crippen molar-refractivity contribution in [3.63, 3.8) is 0 Å². The number of sulfonamides is 1. The first kappa shape index (κ1) is 16.9. The van der Waals surface area contributed by atoms with E-state index in [1.54, 1.807) is 13.0 Å². The molecule has 0 radical (unpaired) electrons. The minimum Gasteiger partial charge on any atom is -0.481 e. The quantitative estimate of drug-likeness (QED) is 0.825. The van der Waals surface area contributed by atoms with Crippen molar-refractivity contribution in [3.05, 3.63) is 29.8 Å². The smallest absolute Gasteiger partial charge is 0.310 e. The molecule has 130 valence electrons.